The van der Waals surface area contributed by atoms with Gasteiger partial charge in [-0.2, -0.15) is 0 Å². The third-order valence-electron chi connectivity index (χ3n) is 9.38. The van der Waals surface area contributed by atoms with Gasteiger partial charge in [0.25, 0.3) is 0 Å². The fraction of sp³-hybridized carbons (Fsp3) is 0.250. The molecule has 0 radical (unpaired) electrons. The molecule has 1 amide bonds. The van der Waals surface area contributed by atoms with Crippen LogP contribution in [-0.4, -0.2) is 38.4 Å². The van der Waals surface area contributed by atoms with E-state index in [4.69, 9.17) is 21.3 Å². The predicted molar refractivity (Wildman–Crippen MR) is 174 cm³/mol. The second-order valence-electron chi connectivity index (χ2n) is 12.2. The number of aromatic nitrogens is 3. The SMILES string of the molecule is Cn1c(CN2CC=C(c3cccc(OCc4ccc(Cl)cc4F)n3)CC2)nc2ccc(-c3ccc4c(c3)C3(CC3)C(=O)N4)cc21. The highest BCUT2D eigenvalue weighted by Crippen LogP contribution is 2.55. The third-order valence-corrected chi connectivity index (χ3v) is 9.61. The number of hydrogen-bond acceptors (Lipinski definition) is 5. The van der Waals surface area contributed by atoms with Gasteiger partial charge in [0, 0.05) is 42.5 Å². The summed E-state index contributed by atoms with van der Waals surface area (Å²) in [6, 6.07) is 23.0. The maximum Gasteiger partial charge on any atom is 0.235 e. The minimum Gasteiger partial charge on any atom is -0.473 e. The molecule has 226 valence electrons. The van der Waals surface area contributed by atoms with Gasteiger partial charge in [-0.3, -0.25) is 9.69 Å². The van der Waals surface area contributed by atoms with Crippen molar-refractivity contribution in [3.05, 3.63) is 112 Å². The second kappa shape index (κ2) is 10.8. The predicted octanol–water partition coefficient (Wildman–Crippen LogP) is 7.28. The number of hydrogen-bond donors (Lipinski definition) is 1. The van der Waals surface area contributed by atoms with Crippen LogP contribution in [0.2, 0.25) is 5.02 Å². The highest BCUT2D eigenvalue weighted by molar-refractivity contribution is 6.30. The van der Waals surface area contributed by atoms with E-state index in [2.05, 4.69) is 63.2 Å². The molecule has 0 unspecified atom stereocenters. The number of nitrogens with zero attached hydrogens (tertiary/aromatic N) is 4. The Morgan fingerprint density at radius 2 is 1.87 bits per heavy atom. The Bertz CT molecular complexity index is 2030. The highest BCUT2D eigenvalue weighted by Gasteiger charge is 2.56. The normalized spacial score (nSPS) is 17.0. The van der Waals surface area contributed by atoms with Crippen LogP contribution in [0.5, 0.6) is 5.88 Å². The number of fused-ring (bicyclic) bond motifs is 3. The van der Waals surface area contributed by atoms with E-state index in [9.17, 15) is 9.18 Å². The maximum atomic E-state index is 14.1. The summed E-state index contributed by atoms with van der Waals surface area (Å²) in [7, 11) is 2.08. The fourth-order valence-corrected chi connectivity index (χ4v) is 6.69. The molecule has 1 N–H and O–H groups in total. The van der Waals surface area contributed by atoms with Gasteiger partial charge in [-0.15, -0.1) is 0 Å². The van der Waals surface area contributed by atoms with Crippen molar-refractivity contribution in [1.82, 2.24) is 19.4 Å². The van der Waals surface area contributed by atoms with Crippen LogP contribution in [0.25, 0.3) is 27.7 Å². The molecular weight excluding hydrogens is 589 g/mol. The average molecular weight is 620 g/mol. The van der Waals surface area contributed by atoms with E-state index in [1.54, 1.807) is 18.2 Å². The van der Waals surface area contributed by atoms with Crippen molar-refractivity contribution in [2.24, 2.45) is 7.05 Å². The number of imidazole rings is 1. The van der Waals surface area contributed by atoms with Crippen molar-refractivity contribution < 1.29 is 13.9 Å². The molecule has 2 aliphatic heterocycles. The van der Waals surface area contributed by atoms with E-state index < -0.39 is 5.82 Å². The monoisotopic (exact) mass is 619 g/mol. The molecule has 1 fully saturated rings. The zero-order valence-electron chi connectivity index (χ0n) is 24.8. The van der Waals surface area contributed by atoms with Crippen LogP contribution >= 0.6 is 11.6 Å². The summed E-state index contributed by atoms with van der Waals surface area (Å²) in [6.07, 6.45) is 4.93. The molecular formula is C36H31ClFN5O2. The van der Waals surface area contributed by atoms with Crippen LogP contribution < -0.4 is 10.1 Å². The van der Waals surface area contributed by atoms with E-state index in [1.165, 1.54) is 11.6 Å². The number of benzene rings is 3. The zero-order chi connectivity index (χ0) is 30.7. The number of rotatable bonds is 7. The fourth-order valence-electron chi connectivity index (χ4n) is 6.53. The number of ether oxygens (including phenoxy) is 1. The van der Waals surface area contributed by atoms with Gasteiger partial charge in [0.1, 0.15) is 18.2 Å². The third kappa shape index (κ3) is 5.08. The summed E-state index contributed by atoms with van der Waals surface area (Å²) in [5, 5.41) is 3.41. The Hall–Kier alpha value is -4.53. The van der Waals surface area contributed by atoms with E-state index in [0.717, 1.165) is 83.8 Å². The lowest BCUT2D eigenvalue weighted by Crippen LogP contribution is -2.29. The van der Waals surface area contributed by atoms with Gasteiger partial charge >= 0.3 is 0 Å². The maximum absolute atomic E-state index is 14.1. The lowest BCUT2D eigenvalue weighted by Gasteiger charge is -2.25. The van der Waals surface area contributed by atoms with Crippen molar-refractivity contribution >= 4 is 39.8 Å². The Morgan fingerprint density at radius 1 is 1.02 bits per heavy atom. The molecule has 1 spiro atoms. The molecule has 0 saturated heterocycles. The van der Waals surface area contributed by atoms with Crippen molar-refractivity contribution in [1.29, 1.82) is 0 Å². The molecule has 2 aromatic heterocycles. The molecule has 1 saturated carbocycles. The number of anilines is 1. The van der Waals surface area contributed by atoms with Crippen LogP contribution in [-0.2, 0) is 30.4 Å². The number of halogens is 2. The number of carbonyl (C=O) groups is 1. The summed E-state index contributed by atoms with van der Waals surface area (Å²) in [5.41, 5.74) is 8.56. The Balaban J connectivity index is 0.949. The molecule has 5 aromatic rings. The van der Waals surface area contributed by atoms with Gasteiger partial charge in [0.15, 0.2) is 0 Å². The van der Waals surface area contributed by atoms with Crippen LogP contribution in [0.3, 0.4) is 0 Å². The summed E-state index contributed by atoms with van der Waals surface area (Å²) in [4.78, 5) is 24.5. The highest BCUT2D eigenvalue weighted by atomic mass is 35.5. The largest absolute Gasteiger partial charge is 0.473 e. The smallest absolute Gasteiger partial charge is 0.235 e. The molecule has 45 heavy (non-hydrogen) atoms. The minimum absolute atomic E-state index is 0.0816. The molecule has 8 rings (SSSR count). The number of carbonyl (C=O) groups excluding carboxylic acids is 1. The van der Waals surface area contributed by atoms with Gasteiger partial charge < -0.3 is 14.6 Å². The van der Waals surface area contributed by atoms with Gasteiger partial charge in [-0.1, -0.05) is 41.9 Å². The minimum atomic E-state index is -0.392. The second-order valence-corrected chi connectivity index (χ2v) is 12.6. The number of nitrogens with one attached hydrogen (secondary N) is 1. The number of aryl methyl sites for hydroxylation is 1. The van der Waals surface area contributed by atoms with Crippen molar-refractivity contribution in [3.63, 3.8) is 0 Å². The molecule has 9 heteroatoms. The number of amides is 1. The summed E-state index contributed by atoms with van der Waals surface area (Å²) < 4.78 is 22.1. The van der Waals surface area contributed by atoms with Crippen molar-refractivity contribution in [3.8, 4) is 17.0 Å². The molecule has 0 atom stereocenters. The van der Waals surface area contributed by atoms with Crippen LogP contribution in [0, 0.1) is 5.82 Å². The topological polar surface area (TPSA) is 72.3 Å². The quantitative estimate of drug-likeness (QED) is 0.207. The zero-order valence-corrected chi connectivity index (χ0v) is 25.6. The molecule has 3 aliphatic rings. The Morgan fingerprint density at radius 3 is 2.67 bits per heavy atom. The lowest BCUT2D eigenvalue weighted by molar-refractivity contribution is -0.117. The molecule has 0 bridgehead atoms. The standard InChI is InChI=1S/C36H31ClFN5O2/c1-42-32-18-24(23-6-9-30-27(17-23)36(13-14-36)35(44)41-30)7-10-31(32)39-33(42)20-43-15-11-22(12-16-43)29-3-2-4-34(40-29)45-21-25-5-8-26(37)19-28(25)38/h2-11,17-19H,12-16,20-21H2,1H3,(H,41,44). The summed E-state index contributed by atoms with van der Waals surface area (Å²) in [5.74, 6) is 1.23. The molecule has 3 aromatic carbocycles. The Labute approximate surface area is 265 Å². The molecule has 1 aliphatic carbocycles. The molecule has 4 heterocycles. The first-order chi connectivity index (χ1) is 21.9. The number of pyridine rings is 1. The van der Waals surface area contributed by atoms with E-state index in [-0.39, 0.29) is 17.9 Å². The van der Waals surface area contributed by atoms with Gasteiger partial charge in [-0.05, 0) is 84.0 Å². The van der Waals surface area contributed by atoms with E-state index in [1.807, 2.05) is 18.2 Å². The van der Waals surface area contributed by atoms with Crippen molar-refractivity contribution in [2.45, 2.75) is 37.8 Å². The first-order valence-corrected chi connectivity index (χ1v) is 15.6. The summed E-state index contributed by atoms with van der Waals surface area (Å²) in [6.45, 7) is 2.49. The van der Waals surface area contributed by atoms with E-state index in [0.29, 0.717) is 16.5 Å². The van der Waals surface area contributed by atoms with Crippen LogP contribution in [0.1, 0.15) is 41.9 Å². The van der Waals surface area contributed by atoms with E-state index >= 15 is 0 Å². The first kappa shape index (κ1) is 28.0. The van der Waals surface area contributed by atoms with Gasteiger partial charge in [0.05, 0.1) is 28.7 Å². The van der Waals surface area contributed by atoms with Gasteiger partial charge in [-0.25, -0.2) is 14.4 Å². The Kier molecular flexibility index (Phi) is 6.73. The van der Waals surface area contributed by atoms with Gasteiger partial charge in [0.2, 0.25) is 11.8 Å². The summed E-state index contributed by atoms with van der Waals surface area (Å²) >= 11 is 5.86. The van der Waals surface area contributed by atoms with Crippen LogP contribution in [0.4, 0.5) is 10.1 Å². The first-order valence-electron chi connectivity index (χ1n) is 15.2. The molecule has 7 nitrogen and oxygen atoms in total. The lowest BCUT2D eigenvalue weighted by atomic mass is 9.94. The average Bonchev–Trinajstić information content (AvgIpc) is 3.74. The van der Waals surface area contributed by atoms with Crippen LogP contribution in [0.15, 0.2) is 78.9 Å². The van der Waals surface area contributed by atoms with Crippen molar-refractivity contribution in [2.75, 3.05) is 18.4 Å².